The number of ether oxygens (including phenoxy) is 1. The number of nitrogens with zero attached hydrogens (tertiary/aromatic N) is 4. The molecule has 0 spiro atoms. The van der Waals surface area contributed by atoms with E-state index in [4.69, 9.17) is 9.72 Å². The molecule has 0 aliphatic rings. The van der Waals surface area contributed by atoms with E-state index in [2.05, 4.69) is 200 Å². The van der Waals surface area contributed by atoms with Crippen molar-refractivity contribution in [3.05, 3.63) is 138 Å². The Hall–Kier alpha value is -4.47. The molecular formula is C48H52N4OPt-2. The number of imidazole rings is 1. The summed E-state index contributed by atoms with van der Waals surface area (Å²) in [5, 5.41) is 2.25. The number of hydrogen-bond donors (Lipinski definition) is 0. The Labute approximate surface area is 336 Å². The van der Waals surface area contributed by atoms with Crippen LogP contribution in [-0.4, -0.2) is 14.1 Å². The SMILES string of the molecule is CC(C)(C)c1cc(Oc2[c-]c3c(cc2)c2ccccc2n3-c2cc(C(C)(C)C)ccn2)[c-]c(-n2[c-][n+](-c3cccc(C(C)(C)C)c3)cc2C(C)(C)C)c1.[Pt]. The first-order chi connectivity index (χ1) is 24.8. The van der Waals surface area contributed by atoms with Crippen LogP contribution in [0.5, 0.6) is 11.5 Å². The molecule has 4 aromatic carbocycles. The second kappa shape index (κ2) is 14.0. The van der Waals surface area contributed by atoms with E-state index in [1.165, 1.54) is 11.1 Å². The number of pyridine rings is 1. The van der Waals surface area contributed by atoms with E-state index in [-0.39, 0.29) is 42.7 Å². The second-order valence-corrected chi connectivity index (χ2v) is 18.4. The molecular weight excluding hydrogens is 844 g/mol. The van der Waals surface area contributed by atoms with Crippen LogP contribution in [0, 0.1) is 18.5 Å². The second-order valence-electron chi connectivity index (χ2n) is 18.4. The first-order valence-electron chi connectivity index (χ1n) is 18.6. The summed E-state index contributed by atoms with van der Waals surface area (Å²) in [4.78, 5) is 4.85. The zero-order valence-electron chi connectivity index (χ0n) is 33.8. The molecule has 0 saturated heterocycles. The molecule has 282 valence electrons. The monoisotopic (exact) mass is 895 g/mol. The minimum atomic E-state index is -0.166. The van der Waals surface area contributed by atoms with Crippen molar-refractivity contribution in [2.75, 3.05) is 0 Å². The maximum atomic E-state index is 6.74. The molecule has 3 heterocycles. The Bertz CT molecular complexity index is 2470. The summed E-state index contributed by atoms with van der Waals surface area (Å²) in [6.45, 7) is 26.8. The summed E-state index contributed by atoms with van der Waals surface area (Å²) in [5.74, 6) is 2.10. The van der Waals surface area contributed by atoms with Gasteiger partial charge < -0.3 is 13.9 Å². The van der Waals surface area contributed by atoms with Gasteiger partial charge in [0.2, 0.25) is 0 Å². The molecule has 0 unspecified atom stereocenters. The van der Waals surface area contributed by atoms with Crippen LogP contribution in [0.2, 0.25) is 0 Å². The quantitative estimate of drug-likeness (QED) is 0.127. The third kappa shape index (κ3) is 7.71. The first-order valence-corrected chi connectivity index (χ1v) is 18.6. The Morgan fingerprint density at radius 1 is 0.611 bits per heavy atom. The summed E-state index contributed by atoms with van der Waals surface area (Å²) in [6.07, 6.45) is 7.78. The molecule has 0 N–H and O–H groups in total. The van der Waals surface area contributed by atoms with Crippen LogP contribution in [0.15, 0.2) is 97.3 Å². The Kier molecular flexibility index (Phi) is 10.2. The number of hydrogen-bond acceptors (Lipinski definition) is 2. The van der Waals surface area contributed by atoms with Crippen LogP contribution in [0.3, 0.4) is 0 Å². The maximum Gasteiger partial charge on any atom is 0.267 e. The topological polar surface area (TPSA) is 35.9 Å². The van der Waals surface area contributed by atoms with Gasteiger partial charge in [-0.05, 0) is 74.2 Å². The van der Waals surface area contributed by atoms with E-state index in [1.807, 2.05) is 12.3 Å². The number of fused-ring (bicyclic) bond motifs is 3. The molecule has 0 atom stereocenters. The molecule has 0 bridgehead atoms. The van der Waals surface area contributed by atoms with Crippen LogP contribution in [0.25, 0.3) is 39.0 Å². The van der Waals surface area contributed by atoms with E-state index in [1.54, 1.807) is 0 Å². The Balaban J connectivity index is 0.00000497. The fourth-order valence-corrected chi connectivity index (χ4v) is 6.77. The summed E-state index contributed by atoms with van der Waals surface area (Å²) in [6, 6.07) is 37.2. The molecule has 0 fully saturated rings. The van der Waals surface area contributed by atoms with Crippen molar-refractivity contribution in [2.24, 2.45) is 0 Å². The summed E-state index contributed by atoms with van der Waals surface area (Å²) >= 11 is 0. The number of rotatable bonds is 5. The van der Waals surface area contributed by atoms with Gasteiger partial charge in [0.1, 0.15) is 5.82 Å². The molecule has 0 aliphatic heterocycles. The van der Waals surface area contributed by atoms with Gasteiger partial charge >= 0.3 is 0 Å². The van der Waals surface area contributed by atoms with Gasteiger partial charge in [-0.2, -0.15) is 17.7 Å². The smallest absolute Gasteiger partial charge is 0.267 e. The van der Waals surface area contributed by atoms with Crippen LogP contribution in [-0.2, 0) is 42.7 Å². The first kappa shape index (κ1) is 39.2. The molecule has 7 rings (SSSR count). The van der Waals surface area contributed by atoms with Crippen molar-refractivity contribution in [1.82, 2.24) is 14.1 Å². The van der Waals surface area contributed by atoms with E-state index in [9.17, 15) is 0 Å². The van der Waals surface area contributed by atoms with Crippen LogP contribution >= 0.6 is 0 Å². The van der Waals surface area contributed by atoms with Crippen molar-refractivity contribution >= 4 is 21.8 Å². The molecule has 7 aromatic rings. The largest absolute Gasteiger partial charge is 0.510 e. The van der Waals surface area contributed by atoms with Crippen molar-refractivity contribution in [3.8, 4) is 28.7 Å². The van der Waals surface area contributed by atoms with Crippen LogP contribution in [0.1, 0.15) is 105 Å². The van der Waals surface area contributed by atoms with E-state index < -0.39 is 0 Å². The molecule has 6 heteroatoms. The van der Waals surface area contributed by atoms with Gasteiger partial charge in [-0.25, -0.2) is 4.98 Å². The standard InChI is InChI=1S/C48H52N4O.Pt/c1-45(2,3)32-16-15-17-35(24-32)50-30-43(48(10,11)12)51(31-50)36-25-34(47(7,8)9)26-38(28-36)53-37-20-21-40-39-18-13-14-19-41(39)52(42(40)29-37)44-27-33(22-23-49-44)46(4,5)6;/h13-27,30H,1-12H3;/q-2;. The van der Waals surface area contributed by atoms with Crippen molar-refractivity contribution in [2.45, 2.75) is 105 Å². The summed E-state index contributed by atoms with van der Waals surface area (Å²) < 4.78 is 13.2. The fraction of sp³-hybridized carbons (Fsp3) is 0.333. The van der Waals surface area contributed by atoms with Crippen molar-refractivity contribution < 1.29 is 30.4 Å². The van der Waals surface area contributed by atoms with Gasteiger partial charge in [-0.15, -0.1) is 29.7 Å². The number of benzene rings is 4. The van der Waals surface area contributed by atoms with Gasteiger partial charge in [-0.3, -0.25) is 4.57 Å². The predicted octanol–water partition coefficient (Wildman–Crippen LogP) is 11.6. The molecule has 0 saturated carbocycles. The predicted molar refractivity (Wildman–Crippen MR) is 217 cm³/mol. The van der Waals surface area contributed by atoms with Gasteiger partial charge in [-0.1, -0.05) is 119 Å². The van der Waals surface area contributed by atoms with Crippen LogP contribution < -0.4 is 9.30 Å². The third-order valence-corrected chi connectivity index (χ3v) is 10.0. The molecule has 5 nitrogen and oxygen atoms in total. The molecule has 54 heavy (non-hydrogen) atoms. The van der Waals surface area contributed by atoms with E-state index in [0.717, 1.165) is 50.3 Å². The normalized spacial score (nSPS) is 12.7. The van der Waals surface area contributed by atoms with Crippen molar-refractivity contribution in [3.63, 3.8) is 0 Å². The zero-order valence-corrected chi connectivity index (χ0v) is 36.0. The van der Waals surface area contributed by atoms with Crippen LogP contribution in [0.4, 0.5) is 0 Å². The average Bonchev–Trinajstić information content (AvgIpc) is 3.68. The number of para-hydroxylation sites is 1. The minimum absolute atomic E-state index is 0. The van der Waals surface area contributed by atoms with E-state index in [0.29, 0.717) is 11.5 Å². The summed E-state index contributed by atoms with van der Waals surface area (Å²) in [7, 11) is 0. The fourth-order valence-electron chi connectivity index (χ4n) is 6.77. The third-order valence-electron chi connectivity index (χ3n) is 10.0. The number of aromatic nitrogens is 4. The zero-order chi connectivity index (χ0) is 38.1. The summed E-state index contributed by atoms with van der Waals surface area (Å²) in [5.41, 5.74) is 8.43. The van der Waals surface area contributed by atoms with Gasteiger partial charge in [0.25, 0.3) is 6.33 Å². The molecule has 0 amide bonds. The molecule has 3 aromatic heterocycles. The molecule has 0 radical (unpaired) electrons. The Morgan fingerprint density at radius 3 is 1.98 bits per heavy atom. The van der Waals surface area contributed by atoms with Gasteiger partial charge in [0.15, 0.2) is 0 Å². The van der Waals surface area contributed by atoms with Gasteiger partial charge in [0.05, 0.1) is 11.4 Å². The Morgan fingerprint density at radius 2 is 1.30 bits per heavy atom. The maximum absolute atomic E-state index is 6.74. The van der Waals surface area contributed by atoms with Gasteiger partial charge in [0, 0.05) is 50.5 Å². The van der Waals surface area contributed by atoms with E-state index >= 15 is 0 Å². The minimum Gasteiger partial charge on any atom is -0.510 e. The average molecular weight is 896 g/mol. The van der Waals surface area contributed by atoms with Crippen molar-refractivity contribution in [1.29, 1.82) is 0 Å². The molecule has 0 aliphatic carbocycles.